The first kappa shape index (κ1) is 18.3. The molecule has 0 aliphatic carbocycles. The molecule has 2 aromatic rings. The van der Waals surface area contributed by atoms with Crippen molar-refractivity contribution in [3.05, 3.63) is 59.2 Å². The van der Waals surface area contributed by atoms with Crippen LogP contribution in [0.3, 0.4) is 0 Å². The molecular weight excluding hydrogens is 350 g/mol. The molecule has 0 unspecified atom stereocenters. The van der Waals surface area contributed by atoms with Crippen molar-refractivity contribution < 1.29 is 18.3 Å². The van der Waals surface area contributed by atoms with E-state index in [1.54, 1.807) is 25.1 Å². The van der Waals surface area contributed by atoms with Crippen LogP contribution in [0.1, 0.15) is 27.9 Å². The molecule has 0 radical (unpaired) electrons. The van der Waals surface area contributed by atoms with E-state index in [-0.39, 0.29) is 16.1 Å². The quantitative estimate of drug-likeness (QED) is 0.731. The van der Waals surface area contributed by atoms with Gasteiger partial charge in [0.25, 0.3) is 10.0 Å². The topological polar surface area (TPSA) is 83.5 Å². The van der Waals surface area contributed by atoms with Gasteiger partial charge in [0.2, 0.25) is 0 Å². The number of hydrogen-bond donors (Lipinski definition) is 2. The molecule has 2 aromatic carbocycles. The number of aryl methyl sites for hydroxylation is 2. The smallest absolute Gasteiger partial charge is 0.337 e. The van der Waals surface area contributed by atoms with Crippen LogP contribution >= 0.6 is 11.6 Å². The summed E-state index contributed by atoms with van der Waals surface area (Å²) >= 11 is 5.64. The molecule has 0 fully saturated rings. The number of carbonyl (C=O) groups is 1. The third-order valence-electron chi connectivity index (χ3n) is 3.48. The van der Waals surface area contributed by atoms with E-state index < -0.39 is 16.0 Å². The van der Waals surface area contributed by atoms with Gasteiger partial charge in [-0.25, -0.2) is 13.2 Å². The van der Waals surface area contributed by atoms with Crippen LogP contribution in [0.4, 0.5) is 5.69 Å². The molecule has 2 N–H and O–H groups in total. The molecule has 0 spiro atoms. The van der Waals surface area contributed by atoms with Crippen molar-refractivity contribution in [2.75, 3.05) is 10.6 Å². The lowest BCUT2D eigenvalue weighted by Gasteiger charge is -2.11. The summed E-state index contributed by atoms with van der Waals surface area (Å²) in [5.74, 6) is -0.639. The Kier molecular flexibility index (Phi) is 5.85. The standard InChI is InChI=1S/C17H18ClNO4S/c1-12-4-9-16(15(11-12)17(20)21)19-24(22,23)14-7-5-13(6-8-14)3-2-10-18/h4-9,11,19H,2-3,10H2,1H3,(H,20,21). The van der Waals surface area contributed by atoms with Crippen LogP contribution in [-0.4, -0.2) is 25.4 Å². The van der Waals surface area contributed by atoms with Gasteiger partial charge in [0.05, 0.1) is 16.1 Å². The highest BCUT2D eigenvalue weighted by Crippen LogP contribution is 2.22. The number of benzene rings is 2. The molecular formula is C17H18ClNO4S. The van der Waals surface area contributed by atoms with Crippen molar-refractivity contribution in [1.29, 1.82) is 0 Å². The van der Waals surface area contributed by atoms with Gasteiger partial charge in [-0.1, -0.05) is 23.8 Å². The Labute approximate surface area is 146 Å². The van der Waals surface area contributed by atoms with E-state index in [2.05, 4.69) is 4.72 Å². The number of carboxylic acid groups (broad SMARTS) is 1. The lowest BCUT2D eigenvalue weighted by atomic mass is 10.1. The maximum Gasteiger partial charge on any atom is 0.337 e. The monoisotopic (exact) mass is 367 g/mol. The molecule has 2 rings (SSSR count). The minimum absolute atomic E-state index is 0.0410. The highest BCUT2D eigenvalue weighted by Gasteiger charge is 2.18. The summed E-state index contributed by atoms with van der Waals surface area (Å²) in [5.41, 5.74) is 1.69. The molecule has 0 heterocycles. The molecule has 0 atom stereocenters. The fourth-order valence-corrected chi connectivity index (χ4v) is 3.45. The molecule has 0 saturated carbocycles. The second-order valence-corrected chi connectivity index (χ2v) is 7.46. The van der Waals surface area contributed by atoms with Gasteiger partial charge >= 0.3 is 5.97 Å². The first-order chi connectivity index (χ1) is 11.3. The number of rotatable bonds is 7. The molecule has 0 aliphatic rings. The maximum atomic E-state index is 12.5. The predicted molar refractivity (Wildman–Crippen MR) is 94.4 cm³/mol. The largest absolute Gasteiger partial charge is 0.478 e. The Hall–Kier alpha value is -2.05. The summed E-state index contributed by atoms with van der Waals surface area (Å²) in [7, 11) is -3.86. The SMILES string of the molecule is Cc1ccc(NS(=O)(=O)c2ccc(CCCCl)cc2)c(C(=O)O)c1. The lowest BCUT2D eigenvalue weighted by Crippen LogP contribution is -2.15. The van der Waals surface area contributed by atoms with Crippen molar-refractivity contribution in [2.45, 2.75) is 24.7 Å². The molecule has 0 aliphatic heterocycles. The minimum atomic E-state index is -3.86. The summed E-state index contributed by atoms with van der Waals surface area (Å²) < 4.78 is 27.3. The van der Waals surface area contributed by atoms with Crippen LogP contribution in [0.5, 0.6) is 0 Å². The Morgan fingerprint density at radius 3 is 2.42 bits per heavy atom. The molecule has 0 aromatic heterocycles. The molecule has 128 valence electrons. The third kappa shape index (κ3) is 4.49. The number of alkyl halides is 1. The first-order valence-corrected chi connectivity index (χ1v) is 9.37. The van der Waals surface area contributed by atoms with Crippen LogP contribution < -0.4 is 4.72 Å². The van der Waals surface area contributed by atoms with Crippen molar-refractivity contribution in [1.82, 2.24) is 0 Å². The van der Waals surface area contributed by atoms with Gasteiger partial charge in [0.15, 0.2) is 0 Å². The minimum Gasteiger partial charge on any atom is -0.478 e. The first-order valence-electron chi connectivity index (χ1n) is 7.35. The van der Waals surface area contributed by atoms with Gasteiger partial charge in [0, 0.05) is 5.88 Å². The van der Waals surface area contributed by atoms with E-state index in [0.29, 0.717) is 5.88 Å². The zero-order valence-corrected chi connectivity index (χ0v) is 14.7. The van der Waals surface area contributed by atoms with Crippen LogP contribution in [-0.2, 0) is 16.4 Å². The summed E-state index contributed by atoms with van der Waals surface area (Å²) in [6.45, 7) is 1.74. The van der Waals surface area contributed by atoms with Crippen molar-refractivity contribution in [3.63, 3.8) is 0 Å². The number of anilines is 1. The van der Waals surface area contributed by atoms with Crippen molar-refractivity contribution in [3.8, 4) is 0 Å². The normalized spacial score (nSPS) is 11.2. The molecule has 7 heteroatoms. The number of sulfonamides is 1. The van der Waals surface area contributed by atoms with Gasteiger partial charge < -0.3 is 5.11 Å². The Morgan fingerprint density at radius 2 is 1.83 bits per heavy atom. The maximum absolute atomic E-state index is 12.5. The number of hydrogen-bond acceptors (Lipinski definition) is 3. The molecule has 24 heavy (non-hydrogen) atoms. The Balaban J connectivity index is 2.27. The number of nitrogens with one attached hydrogen (secondary N) is 1. The van der Waals surface area contributed by atoms with Crippen LogP contribution in [0.15, 0.2) is 47.4 Å². The van der Waals surface area contributed by atoms with Crippen LogP contribution in [0, 0.1) is 6.92 Å². The second-order valence-electron chi connectivity index (χ2n) is 5.40. The highest BCUT2D eigenvalue weighted by atomic mass is 35.5. The second kappa shape index (κ2) is 7.68. The fourth-order valence-electron chi connectivity index (χ4n) is 2.23. The summed E-state index contributed by atoms with van der Waals surface area (Å²) in [6.07, 6.45) is 1.59. The van der Waals surface area contributed by atoms with Crippen molar-refractivity contribution >= 4 is 33.3 Å². The Morgan fingerprint density at radius 1 is 1.17 bits per heavy atom. The van der Waals surface area contributed by atoms with E-state index in [1.165, 1.54) is 24.3 Å². The van der Waals surface area contributed by atoms with Crippen LogP contribution in [0.25, 0.3) is 0 Å². The zero-order valence-electron chi connectivity index (χ0n) is 13.1. The summed E-state index contributed by atoms with van der Waals surface area (Å²) in [5, 5.41) is 9.23. The Bertz CT molecular complexity index is 832. The number of halogens is 1. The van der Waals surface area contributed by atoms with Gasteiger partial charge in [-0.15, -0.1) is 11.6 Å². The molecule has 0 bridgehead atoms. The van der Waals surface area contributed by atoms with Gasteiger partial charge in [-0.2, -0.15) is 0 Å². The van der Waals surface area contributed by atoms with E-state index in [1.807, 2.05) is 0 Å². The van der Waals surface area contributed by atoms with Gasteiger partial charge in [-0.3, -0.25) is 4.72 Å². The van der Waals surface area contributed by atoms with E-state index in [9.17, 15) is 18.3 Å². The average molecular weight is 368 g/mol. The van der Waals surface area contributed by atoms with E-state index in [4.69, 9.17) is 11.6 Å². The molecule has 5 nitrogen and oxygen atoms in total. The van der Waals surface area contributed by atoms with Gasteiger partial charge in [0.1, 0.15) is 0 Å². The number of carboxylic acids is 1. The molecule has 0 amide bonds. The predicted octanol–water partition coefficient (Wildman–Crippen LogP) is 3.67. The summed E-state index contributed by atoms with van der Waals surface area (Å²) in [6, 6.07) is 11.0. The van der Waals surface area contributed by atoms with Gasteiger partial charge in [-0.05, 0) is 49.6 Å². The third-order valence-corrected chi connectivity index (χ3v) is 5.13. The fraction of sp³-hybridized carbons (Fsp3) is 0.235. The molecule has 0 saturated heterocycles. The van der Waals surface area contributed by atoms with E-state index >= 15 is 0 Å². The summed E-state index contributed by atoms with van der Waals surface area (Å²) in [4.78, 5) is 11.4. The zero-order chi connectivity index (χ0) is 17.7. The number of aromatic carboxylic acids is 1. The highest BCUT2D eigenvalue weighted by molar-refractivity contribution is 7.92. The van der Waals surface area contributed by atoms with Crippen molar-refractivity contribution in [2.24, 2.45) is 0 Å². The van der Waals surface area contributed by atoms with E-state index in [0.717, 1.165) is 24.0 Å². The van der Waals surface area contributed by atoms with Crippen LogP contribution in [0.2, 0.25) is 0 Å². The lowest BCUT2D eigenvalue weighted by molar-refractivity contribution is 0.0698. The average Bonchev–Trinajstić information content (AvgIpc) is 2.54.